The summed E-state index contributed by atoms with van der Waals surface area (Å²) < 4.78 is 22.7. The molecule has 1 aliphatic heterocycles. The van der Waals surface area contributed by atoms with Crippen molar-refractivity contribution in [1.29, 1.82) is 0 Å². The van der Waals surface area contributed by atoms with E-state index in [2.05, 4.69) is 13.8 Å². The van der Waals surface area contributed by atoms with Gasteiger partial charge in [0, 0.05) is 13.0 Å². The van der Waals surface area contributed by atoms with Crippen molar-refractivity contribution in [2.75, 3.05) is 26.4 Å². The summed E-state index contributed by atoms with van der Waals surface area (Å²) in [6.45, 7) is 4.57. The molecule has 0 aromatic rings. The Hall–Kier alpha value is -0.810. The Kier molecular flexibility index (Phi) is 30.3. The van der Waals surface area contributed by atoms with Gasteiger partial charge in [-0.05, 0) is 12.8 Å². The van der Waals surface area contributed by atoms with Gasteiger partial charge in [-0.25, -0.2) is 0 Å². The Morgan fingerprint density at radius 2 is 1.02 bits per heavy atom. The second-order valence-electron chi connectivity index (χ2n) is 14.1. The molecule has 286 valence electrons. The highest BCUT2D eigenvalue weighted by molar-refractivity contribution is 5.69. The van der Waals surface area contributed by atoms with Crippen LogP contribution in [0.5, 0.6) is 0 Å². The zero-order valence-corrected chi connectivity index (χ0v) is 31.0. The lowest BCUT2D eigenvalue weighted by Gasteiger charge is -2.39. The second kappa shape index (κ2) is 32.1. The smallest absolute Gasteiger partial charge is 0.306 e. The normalized spacial score (nSPS) is 21.8. The van der Waals surface area contributed by atoms with Crippen molar-refractivity contribution in [3.8, 4) is 0 Å². The molecule has 0 radical (unpaired) electrons. The molecule has 0 aromatic heterocycles. The minimum Gasteiger partial charge on any atom is -0.457 e. The first-order valence-corrected chi connectivity index (χ1v) is 20.1. The van der Waals surface area contributed by atoms with Gasteiger partial charge in [0.15, 0.2) is 6.29 Å². The Morgan fingerprint density at radius 3 is 1.48 bits per heavy atom. The predicted molar refractivity (Wildman–Crippen MR) is 192 cm³/mol. The highest BCUT2D eigenvalue weighted by Gasteiger charge is 2.44. The molecule has 1 fully saturated rings. The van der Waals surface area contributed by atoms with Crippen molar-refractivity contribution in [2.45, 2.75) is 218 Å². The van der Waals surface area contributed by atoms with E-state index < -0.39 is 43.4 Å². The SMILES string of the molecule is CCCCCCCCCCCCCCCCC(=O)OC(COCCCCCCCCCCCCC)COC1OC(CO)C(O)C(O)C1O. The third-order valence-electron chi connectivity index (χ3n) is 9.52. The number of unbranched alkanes of at least 4 members (excludes halogenated alkanes) is 23. The molecule has 48 heavy (non-hydrogen) atoms. The van der Waals surface area contributed by atoms with Gasteiger partial charge in [-0.3, -0.25) is 4.79 Å². The van der Waals surface area contributed by atoms with Gasteiger partial charge in [-0.1, -0.05) is 162 Å². The summed E-state index contributed by atoms with van der Waals surface area (Å²) in [6.07, 6.45) is 24.1. The van der Waals surface area contributed by atoms with E-state index >= 15 is 0 Å². The van der Waals surface area contributed by atoms with Gasteiger partial charge in [-0.15, -0.1) is 0 Å². The van der Waals surface area contributed by atoms with Crippen molar-refractivity contribution in [2.24, 2.45) is 0 Å². The van der Waals surface area contributed by atoms with Crippen LogP contribution in [-0.4, -0.2) is 89.6 Å². The zero-order valence-electron chi connectivity index (χ0n) is 31.0. The summed E-state index contributed by atoms with van der Waals surface area (Å²) >= 11 is 0. The van der Waals surface area contributed by atoms with E-state index in [0.29, 0.717) is 13.0 Å². The summed E-state index contributed by atoms with van der Waals surface area (Å²) in [6, 6.07) is 0. The first-order chi connectivity index (χ1) is 23.4. The molecule has 0 amide bonds. The summed E-state index contributed by atoms with van der Waals surface area (Å²) in [5.74, 6) is -0.311. The number of hydrogen-bond acceptors (Lipinski definition) is 9. The highest BCUT2D eigenvalue weighted by atomic mass is 16.7. The molecule has 0 spiro atoms. The number of carbonyl (C=O) groups excluding carboxylic acids is 1. The summed E-state index contributed by atoms with van der Waals surface area (Å²) in [4.78, 5) is 12.7. The summed E-state index contributed by atoms with van der Waals surface area (Å²) in [5.41, 5.74) is 0. The molecule has 1 heterocycles. The average Bonchev–Trinajstić information content (AvgIpc) is 3.08. The maximum Gasteiger partial charge on any atom is 0.306 e. The number of esters is 1. The molecule has 6 unspecified atom stereocenters. The van der Waals surface area contributed by atoms with E-state index in [1.54, 1.807) is 0 Å². The van der Waals surface area contributed by atoms with Gasteiger partial charge in [-0.2, -0.15) is 0 Å². The largest absolute Gasteiger partial charge is 0.457 e. The monoisotopic (exact) mass is 689 g/mol. The minimum atomic E-state index is -1.53. The van der Waals surface area contributed by atoms with E-state index in [4.69, 9.17) is 18.9 Å². The lowest BCUT2D eigenvalue weighted by atomic mass is 9.99. The zero-order chi connectivity index (χ0) is 35.1. The molecule has 0 bridgehead atoms. The van der Waals surface area contributed by atoms with Crippen LogP contribution in [0.25, 0.3) is 0 Å². The Labute approximate surface area is 293 Å². The molecular formula is C39H76O9. The van der Waals surface area contributed by atoms with Crippen LogP contribution in [0.2, 0.25) is 0 Å². The fourth-order valence-electron chi connectivity index (χ4n) is 6.32. The highest BCUT2D eigenvalue weighted by Crippen LogP contribution is 2.22. The second-order valence-corrected chi connectivity index (χ2v) is 14.1. The van der Waals surface area contributed by atoms with Gasteiger partial charge < -0.3 is 39.4 Å². The van der Waals surface area contributed by atoms with Gasteiger partial charge >= 0.3 is 5.97 Å². The maximum atomic E-state index is 12.7. The molecule has 1 saturated heterocycles. The number of carbonyl (C=O) groups is 1. The molecule has 9 nitrogen and oxygen atoms in total. The first kappa shape index (κ1) is 45.2. The molecule has 6 atom stereocenters. The van der Waals surface area contributed by atoms with Crippen LogP contribution in [0.3, 0.4) is 0 Å². The van der Waals surface area contributed by atoms with Crippen molar-refractivity contribution in [1.82, 2.24) is 0 Å². The van der Waals surface area contributed by atoms with Crippen LogP contribution >= 0.6 is 0 Å². The quantitative estimate of drug-likeness (QED) is 0.0393. The molecule has 0 saturated carbocycles. The Bertz CT molecular complexity index is 707. The fraction of sp³-hybridized carbons (Fsp3) is 0.974. The molecule has 0 aliphatic carbocycles. The number of ether oxygens (including phenoxy) is 4. The Morgan fingerprint density at radius 1 is 0.583 bits per heavy atom. The van der Waals surface area contributed by atoms with Gasteiger partial charge in [0.25, 0.3) is 0 Å². The fourth-order valence-corrected chi connectivity index (χ4v) is 6.32. The van der Waals surface area contributed by atoms with Crippen LogP contribution in [0.15, 0.2) is 0 Å². The first-order valence-electron chi connectivity index (χ1n) is 20.1. The van der Waals surface area contributed by atoms with E-state index in [-0.39, 0.29) is 19.2 Å². The third kappa shape index (κ3) is 23.6. The molecule has 4 N–H and O–H groups in total. The summed E-state index contributed by atoms with van der Waals surface area (Å²) in [7, 11) is 0. The van der Waals surface area contributed by atoms with Crippen LogP contribution in [0, 0.1) is 0 Å². The van der Waals surface area contributed by atoms with Crippen molar-refractivity contribution >= 4 is 5.97 Å². The number of hydrogen-bond donors (Lipinski definition) is 4. The number of aliphatic hydroxyl groups excluding tert-OH is 4. The van der Waals surface area contributed by atoms with E-state index in [0.717, 1.165) is 32.1 Å². The lowest BCUT2D eigenvalue weighted by molar-refractivity contribution is -0.305. The maximum absolute atomic E-state index is 12.7. The average molecular weight is 689 g/mol. The van der Waals surface area contributed by atoms with E-state index in [1.807, 2.05) is 0 Å². The van der Waals surface area contributed by atoms with Crippen molar-refractivity contribution < 1.29 is 44.2 Å². The molecular weight excluding hydrogens is 612 g/mol. The standard InChI is InChI=1S/C39H76O9/c1-3-5-7-9-11-13-15-16-17-18-20-22-24-26-28-35(41)47-33(32-46-39-38(44)37(43)36(42)34(30-40)48-39)31-45-29-27-25-23-21-19-14-12-10-8-6-4-2/h33-34,36-40,42-44H,3-32H2,1-2H3. The van der Waals surface area contributed by atoms with Gasteiger partial charge in [0.05, 0.1) is 19.8 Å². The number of rotatable bonds is 34. The van der Waals surface area contributed by atoms with E-state index in [9.17, 15) is 25.2 Å². The third-order valence-corrected chi connectivity index (χ3v) is 9.52. The van der Waals surface area contributed by atoms with E-state index in [1.165, 1.54) is 128 Å². The van der Waals surface area contributed by atoms with Gasteiger partial charge in [0.1, 0.15) is 30.5 Å². The minimum absolute atomic E-state index is 0.106. The van der Waals surface area contributed by atoms with Crippen LogP contribution < -0.4 is 0 Å². The molecule has 1 rings (SSSR count). The Balaban J connectivity index is 2.30. The number of aliphatic hydroxyl groups is 4. The summed E-state index contributed by atoms with van der Waals surface area (Å²) in [5, 5.41) is 39.9. The lowest BCUT2D eigenvalue weighted by Crippen LogP contribution is -2.59. The van der Waals surface area contributed by atoms with Crippen molar-refractivity contribution in [3.05, 3.63) is 0 Å². The van der Waals surface area contributed by atoms with Crippen LogP contribution in [0.1, 0.15) is 181 Å². The van der Waals surface area contributed by atoms with Crippen molar-refractivity contribution in [3.63, 3.8) is 0 Å². The topological polar surface area (TPSA) is 135 Å². The molecule has 1 aliphatic rings. The van der Waals surface area contributed by atoms with Crippen LogP contribution in [-0.2, 0) is 23.7 Å². The van der Waals surface area contributed by atoms with Crippen LogP contribution in [0.4, 0.5) is 0 Å². The van der Waals surface area contributed by atoms with Gasteiger partial charge in [0.2, 0.25) is 0 Å². The molecule has 0 aromatic carbocycles. The molecule has 9 heteroatoms. The predicted octanol–water partition coefficient (Wildman–Crippen LogP) is 7.91.